The minimum atomic E-state index is -4.44. The van der Waals surface area contributed by atoms with E-state index in [9.17, 15) is 22.2 Å². The Kier molecular flexibility index (Phi) is 4.34. The quantitative estimate of drug-likeness (QED) is 0.756. The summed E-state index contributed by atoms with van der Waals surface area (Å²) in [5.41, 5.74) is -0.244. The van der Waals surface area contributed by atoms with Gasteiger partial charge in [0.05, 0.1) is 11.3 Å². The molecular formula is C16H10F3NO4S. The predicted octanol–water partition coefficient (Wildman–Crippen LogP) is 3.85. The van der Waals surface area contributed by atoms with Crippen LogP contribution in [0.15, 0.2) is 52.1 Å². The van der Waals surface area contributed by atoms with Crippen LogP contribution in [0.1, 0.15) is 21.5 Å². The highest BCUT2D eigenvalue weighted by Gasteiger charge is 2.30. The number of carbonyl (C=O) groups is 1. The van der Waals surface area contributed by atoms with E-state index in [2.05, 4.69) is 4.98 Å². The third kappa shape index (κ3) is 3.55. The van der Waals surface area contributed by atoms with Crippen LogP contribution in [0.5, 0.6) is 0 Å². The lowest BCUT2D eigenvalue weighted by Gasteiger charge is -2.06. The normalized spacial score (nSPS) is 13.1. The minimum absolute atomic E-state index is 0.00534. The molecule has 1 atom stereocenters. The summed E-state index contributed by atoms with van der Waals surface area (Å²) >= 11 is 0. The summed E-state index contributed by atoms with van der Waals surface area (Å²) in [4.78, 5) is 15.1. The van der Waals surface area contributed by atoms with Crippen molar-refractivity contribution in [3.8, 4) is 0 Å². The van der Waals surface area contributed by atoms with Crippen LogP contribution in [0.3, 0.4) is 0 Å². The Morgan fingerprint density at radius 3 is 2.44 bits per heavy atom. The van der Waals surface area contributed by atoms with Crippen LogP contribution >= 0.6 is 0 Å². The van der Waals surface area contributed by atoms with Crippen molar-refractivity contribution in [1.82, 2.24) is 4.98 Å². The Morgan fingerprint density at radius 2 is 1.84 bits per heavy atom. The van der Waals surface area contributed by atoms with Crippen molar-refractivity contribution in [2.45, 2.75) is 17.2 Å². The number of alkyl halides is 3. The van der Waals surface area contributed by atoms with E-state index >= 15 is 0 Å². The maximum atomic E-state index is 12.5. The van der Waals surface area contributed by atoms with Crippen LogP contribution < -0.4 is 0 Å². The van der Waals surface area contributed by atoms with E-state index in [1.54, 1.807) is 0 Å². The van der Waals surface area contributed by atoms with Gasteiger partial charge in [-0.05, 0) is 29.8 Å². The molecule has 9 heteroatoms. The van der Waals surface area contributed by atoms with Gasteiger partial charge in [0.1, 0.15) is 21.9 Å². The minimum Gasteiger partial charge on any atom is -0.478 e. The van der Waals surface area contributed by atoms with Crippen molar-refractivity contribution in [3.05, 3.63) is 59.2 Å². The number of fused-ring (bicyclic) bond motifs is 1. The van der Waals surface area contributed by atoms with Crippen molar-refractivity contribution in [1.29, 1.82) is 0 Å². The molecule has 25 heavy (non-hydrogen) atoms. The lowest BCUT2D eigenvalue weighted by molar-refractivity contribution is -0.137. The summed E-state index contributed by atoms with van der Waals surface area (Å²) in [6, 6.07) is 8.60. The van der Waals surface area contributed by atoms with Gasteiger partial charge in [0.15, 0.2) is 5.58 Å². The number of halogens is 3. The van der Waals surface area contributed by atoms with E-state index in [1.807, 2.05) is 0 Å². The first-order chi connectivity index (χ1) is 11.8. The molecule has 130 valence electrons. The fraction of sp³-hybridized carbons (Fsp3) is 0.125. The summed E-state index contributed by atoms with van der Waals surface area (Å²) < 4.78 is 55.2. The van der Waals surface area contributed by atoms with Gasteiger partial charge in [0.2, 0.25) is 0 Å². The highest BCUT2D eigenvalue weighted by atomic mass is 32.2. The number of oxazole rings is 1. The molecule has 1 heterocycles. The monoisotopic (exact) mass is 369 g/mol. The second kappa shape index (κ2) is 6.32. The third-order valence-corrected chi connectivity index (χ3v) is 4.56. The van der Waals surface area contributed by atoms with Gasteiger partial charge in [0.25, 0.3) is 5.22 Å². The number of hydrogen-bond donors (Lipinski definition) is 1. The molecule has 2 aromatic carbocycles. The summed E-state index contributed by atoms with van der Waals surface area (Å²) in [5, 5.41) is 8.92. The van der Waals surface area contributed by atoms with Crippen molar-refractivity contribution < 1.29 is 31.7 Å². The Hall–Kier alpha value is -2.68. The zero-order valence-corrected chi connectivity index (χ0v) is 13.2. The number of aromatic nitrogens is 1. The average molecular weight is 369 g/mol. The molecule has 5 nitrogen and oxygen atoms in total. The van der Waals surface area contributed by atoms with E-state index in [0.717, 1.165) is 12.1 Å². The number of carboxylic acids is 1. The third-order valence-electron chi connectivity index (χ3n) is 3.40. The van der Waals surface area contributed by atoms with E-state index in [1.165, 1.54) is 30.3 Å². The zero-order valence-electron chi connectivity index (χ0n) is 12.4. The Labute approximate surface area is 141 Å². The van der Waals surface area contributed by atoms with Crippen LogP contribution in [0, 0.1) is 0 Å². The maximum Gasteiger partial charge on any atom is 0.416 e. The molecule has 3 aromatic rings. The van der Waals surface area contributed by atoms with Crippen LogP contribution in [-0.2, 0) is 22.7 Å². The van der Waals surface area contributed by atoms with E-state index in [-0.39, 0.29) is 27.6 Å². The molecule has 1 unspecified atom stereocenters. The summed E-state index contributed by atoms with van der Waals surface area (Å²) in [5.74, 6) is -1.31. The van der Waals surface area contributed by atoms with E-state index in [4.69, 9.17) is 9.52 Å². The van der Waals surface area contributed by atoms with Crippen LogP contribution in [0.4, 0.5) is 13.2 Å². The summed E-state index contributed by atoms with van der Waals surface area (Å²) in [7, 11) is -1.77. The number of nitrogens with zero attached hydrogens (tertiary/aromatic N) is 1. The van der Waals surface area contributed by atoms with Gasteiger partial charge in [-0.2, -0.15) is 13.2 Å². The molecule has 0 bridgehead atoms. The fourth-order valence-corrected chi connectivity index (χ4v) is 3.19. The molecule has 0 aliphatic heterocycles. The lowest BCUT2D eigenvalue weighted by Crippen LogP contribution is -2.05. The van der Waals surface area contributed by atoms with Gasteiger partial charge in [-0.25, -0.2) is 14.0 Å². The average Bonchev–Trinajstić information content (AvgIpc) is 2.98. The second-order valence-corrected chi connectivity index (χ2v) is 6.45. The van der Waals surface area contributed by atoms with Gasteiger partial charge >= 0.3 is 12.1 Å². The first-order valence-electron chi connectivity index (χ1n) is 6.93. The molecular weight excluding hydrogens is 359 g/mol. The standard InChI is InChI=1S/C16H10F3NO4S/c17-16(18,19)10-6-4-9(5-7-10)8-25(23)15-20-12-3-1-2-11(14(21)22)13(12)24-15/h1-7H,8H2,(H,21,22). The molecule has 0 aliphatic rings. The molecule has 0 radical (unpaired) electrons. The van der Waals surface area contributed by atoms with Crippen molar-refractivity contribution in [2.24, 2.45) is 0 Å². The van der Waals surface area contributed by atoms with Gasteiger partial charge in [-0.15, -0.1) is 0 Å². The molecule has 1 N–H and O–H groups in total. The molecule has 3 rings (SSSR count). The number of benzene rings is 2. The summed E-state index contributed by atoms with van der Waals surface area (Å²) in [6.07, 6.45) is -4.44. The van der Waals surface area contributed by atoms with Crippen LogP contribution in [0.2, 0.25) is 0 Å². The molecule has 0 saturated heterocycles. The Balaban J connectivity index is 1.85. The van der Waals surface area contributed by atoms with Crippen LogP contribution in [-0.4, -0.2) is 20.3 Å². The SMILES string of the molecule is O=C(O)c1cccc2nc(S(=O)Cc3ccc(C(F)(F)F)cc3)oc12. The first kappa shape index (κ1) is 17.2. The van der Waals surface area contributed by atoms with Crippen molar-refractivity contribution >= 4 is 27.9 Å². The lowest BCUT2D eigenvalue weighted by atomic mass is 10.1. The Bertz CT molecular complexity index is 964. The van der Waals surface area contributed by atoms with Crippen molar-refractivity contribution in [2.75, 3.05) is 0 Å². The topological polar surface area (TPSA) is 80.4 Å². The molecule has 0 fully saturated rings. The second-order valence-electron chi connectivity index (χ2n) is 5.12. The van der Waals surface area contributed by atoms with Gasteiger partial charge in [-0.3, -0.25) is 0 Å². The van der Waals surface area contributed by atoms with Gasteiger partial charge in [0, 0.05) is 0 Å². The van der Waals surface area contributed by atoms with E-state index in [0.29, 0.717) is 5.56 Å². The molecule has 0 spiro atoms. The van der Waals surface area contributed by atoms with Gasteiger partial charge < -0.3 is 9.52 Å². The highest BCUT2D eigenvalue weighted by molar-refractivity contribution is 7.84. The molecule has 0 amide bonds. The number of rotatable bonds is 4. The number of carboxylic acid groups (broad SMARTS) is 1. The first-order valence-corrected chi connectivity index (χ1v) is 8.25. The van der Waals surface area contributed by atoms with Crippen molar-refractivity contribution in [3.63, 3.8) is 0 Å². The Morgan fingerprint density at radius 1 is 1.16 bits per heavy atom. The van der Waals surface area contributed by atoms with Gasteiger partial charge in [-0.1, -0.05) is 18.2 Å². The highest BCUT2D eigenvalue weighted by Crippen LogP contribution is 2.29. The number of aromatic carboxylic acids is 1. The smallest absolute Gasteiger partial charge is 0.416 e. The summed E-state index contributed by atoms with van der Waals surface area (Å²) in [6.45, 7) is 0. The molecule has 1 aromatic heterocycles. The maximum absolute atomic E-state index is 12.5. The number of hydrogen-bond acceptors (Lipinski definition) is 4. The predicted molar refractivity (Wildman–Crippen MR) is 82.5 cm³/mol. The fourth-order valence-electron chi connectivity index (χ4n) is 2.20. The largest absolute Gasteiger partial charge is 0.478 e. The molecule has 0 aliphatic carbocycles. The zero-order chi connectivity index (χ0) is 18.2. The van der Waals surface area contributed by atoms with E-state index < -0.39 is 28.5 Å². The van der Waals surface area contributed by atoms with Crippen LogP contribution in [0.25, 0.3) is 11.1 Å². The number of para-hydroxylation sites is 1. The molecule has 0 saturated carbocycles.